The van der Waals surface area contributed by atoms with Crippen molar-refractivity contribution in [1.82, 2.24) is 0 Å². The molecule has 0 saturated heterocycles. The summed E-state index contributed by atoms with van der Waals surface area (Å²) in [5.41, 5.74) is 4.39. The van der Waals surface area contributed by atoms with Crippen molar-refractivity contribution in [1.29, 1.82) is 0 Å². The first kappa shape index (κ1) is 20.0. The van der Waals surface area contributed by atoms with Crippen LogP contribution in [0.5, 0.6) is 0 Å². The average Bonchev–Trinajstić information content (AvgIpc) is 1.95. The van der Waals surface area contributed by atoms with E-state index in [9.17, 15) is 0 Å². The van der Waals surface area contributed by atoms with Gasteiger partial charge in [0.1, 0.15) is 0 Å². The maximum atomic E-state index is 3.44. The summed E-state index contributed by atoms with van der Waals surface area (Å²) in [7, 11) is 0. The molecule has 0 nitrogen and oxygen atoms in total. The van der Waals surface area contributed by atoms with E-state index in [1.54, 1.807) is 0 Å². The summed E-state index contributed by atoms with van der Waals surface area (Å²) in [4.78, 5) is 0. The van der Waals surface area contributed by atoms with E-state index in [1.165, 1.54) is 16.7 Å². The zero-order valence-electron chi connectivity index (χ0n) is 8.67. The van der Waals surface area contributed by atoms with Gasteiger partial charge in [-0.3, -0.25) is 6.08 Å². The van der Waals surface area contributed by atoms with Crippen LogP contribution in [0.2, 0.25) is 0 Å². The van der Waals surface area contributed by atoms with Gasteiger partial charge in [0.05, 0.1) is 0 Å². The minimum Gasteiger partial charge on any atom is -0.263 e. The van der Waals surface area contributed by atoms with Crippen LogP contribution in [-0.4, -0.2) is 0 Å². The topological polar surface area (TPSA) is 0 Å². The Kier molecular flexibility index (Phi) is 10.7. The van der Waals surface area contributed by atoms with E-state index >= 15 is 0 Å². The van der Waals surface area contributed by atoms with E-state index in [0.29, 0.717) is 0 Å². The van der Waals surface area contributed by atoms with Crippen LogP contribution in [0.25, 0.3) is 0 Å². The largest absolute Gasteiger partial charge is 1.00 e. The monoisotopic (exact) mass is 583 g/mol. The summed E-state index contributed by atoms with van der Waals surface area (Å²) in [6.45, 7) is 10.9. The zero-order chi connectivity index (χ0) is 7.94. The molecule has 0 heterocycles. The Hall–Kier alpha value is 1.58. The average molecular weight is 581 g/mol. The maximum absolute atomic E-state index is 3.44. The van der Waals surface area contributed by atoms with Gasteiger partial charge in [0.2, 0.25) is 0 Å². The summed E-state index contributed by atoms with van der Waals surface area (Å²) >= 11 is 0. The third-order valence-electron chi connectivity index (χ3n) is 2.56. The molecule has 0 aromatic heterocycles. The van der Waals surface area contributed by atoms with Gasteiger partial charge in [-0.15, -0.1) is 54.9 Å². The van der Waals surface area contributed by atoms with Gasteiger partial charge in [-0.25, -0.2) is 5.57 Å². The number of halogens is 2. The molecular formula is C10H17I2Os. The molecule has 1 rings (SSSR count). The molecule has 3 heteroatoms. The number of hydrogen-bond acceptors (Lipinski definition) is 0. The van der Waals surface area contributed by atoms with Gasteiger partial charge in [0.15, 0.2) is 0 Å². The van der Waals surface area contributed by atoms with Crippen molar-refractivity contribution in [2.45, 2.75) is 34.6 Å². The third-order valence-corrected chi connectivity index (χ3v) is 2.56. The second kappa shape index (κ2) is 6.95. The van der Waals surface area contributed by atoms with Crippen molar-refractivity contribution >= 4 is 48.0 Å². The molecule has 0 saturated carbocycles. The van der Waals surface area contributed by atoms with Crippen molar-refractivity contribution in [3.8, 4) is 0 Å². The SMILES string of the molecule is CC1=[C-]C(C)(C)C(C)=C1C.I.I.[Os+]. The summed E-state index contributed by atoms with van der Waals surface area (Å²) in [5.74, 6) is 0. The van der Waals surface area contributed by atoms with E-state index in [0.717, 1.165) is 0 Å². The van der Waals surface area contributed by atoms with Gasteiger partial charge in [-0.05, 0) is 0 Å². The molecule has 0 N–H and O–H groups in total. The Morgan fingerprint density at radius 2 is 1.38 bits per heavy atom. The molecule has 1 aliphatic rings. The second-order valence-electron chi connectivity index (χ2n) is 3.62. The van der Waals surface area contributed by atoms with E-state index < -0.39 is 0 Å². The molecule has 0 amide bonds. The molecule has 13 heavy (non-hydrogen) atoms. The molecule has 0 aliphatic heterocycles. The molecule has 0 aromatic carbocycles. The van der Waals surface area contributed by atoms with Crippen molar-refractivity contribution in [3.05, 3.63) is 22.8 Å². The first-order valence-corrected chi connectivity index (χ1v) is 3.75. The Morgan fingerprint density at radius 3 is 1.46 bits per heavy atom. The van der Waals surface area contributed by atoms with Crippen molar-refractivity contribution < 1.29 is 19.8 Å². The summed E-state index contributed by atoms with van der Waals surface area (Å²) in [6.07, 6.45) is 3.44. The van der Waals surface area contributed by atoms with E-state index in [4.69, 9.17) is 0 Å². The van der Waals surface area contributed by atoms with Crippen LogP contribution in [0, 0.1) is 11.5 Å². The van der Waals surface area contributed by atoms with Gasteiger partial charge in [-0.1, -0.05) is 33.1 Å². The molecule has 0 aromatic rings. The first-order valence-electron chi connectivity index (χ1n) is 3.75. The molecule has 0 fully saturated rings. The van der Waals surface area contributed by atoms with Crippen molar-refractivity contribution in [3.63, 3.8) is 0 Å². The standard InChI is InChI=1S/C10H15.2HI.Os/c1-7-6-10(4,5)9(3)8(7)2;;;/h1-5H3;2*1H;/q-1;;;+1. The molecule has 1 radical (unpaired) electrons. The fourth-order valence-electron chi connectivity index (χ4n) is 1.41. The minimum absolute atomic E-state index is 0. The fourth-order valence-corrected chi connectivity index (χ4v) is 1.41. The zero-order valence-corrected chi connectivity index (χ0v) is 15.9. The molecule has 0 unspecified atom stereocenters. The first-order chi connectivity index (χ1) is 4.45. The van der Waals surface area contributed by atoms with Gasteiger partial charge in [-0.2, -0.15) is 11.1 Å². The number of rotatable bonds is 0. The predicted molar refractivity (Wildman–Crippen MR) is 75.4 cm³/mol. The van der Waals surface area contributed by atoms with E-state index in [-0.39, 0.29) is 73.2 Å². The van der Waals surface area contributed by atoms with Gasteiger partial charge in [0.25, 0.3) is 0 Å². The third kappa shape index (κ3) is 4.30. The predicted octanol–water partition coefficient (Wildman–Crippen LogP) is 4.35. The maximum Gasteiger partial charge on any atom is 1.00 e. The van der Waals surface area contributed by atoms with E-state index in [2.05, 4.69) is 40.7 Å². The Bertz CT molecular complexity index is 227. The van der Waals surface area contributed by atoms with Crippen LogP contribution in [-0.2, 0) is 19.8 Å². The van der Waals surface area contributed by atoms with Crippen molar-refractivity contribution in [2.75, 3.05) is 0 Å². The van der Waals surface area contributed by atoms with Gasteiger partial charge >= 0.3 is 19.8 Å². The minimum atomic E-state index is 0. The summed E-state index contributed by atoms with van der Waals surface area (Å²) in [6, 6.07) is 0. The fraction of sp³-hybridized carbons (Fsp3) is 0.600. The summed E-state index contributed by atoms with van der Waals surface area (Å²) < 4.78 is 0. The molecule has 0 atom stereocenters. The van der Waals surface area contributed by atoms with Crippen LogP contribution in [0.4, 0.5) is 0 Å². The molecule has 0 spiro atoms. The van der Waals surface area contributed by atoms with Crippen LogP contribution in [0.1, 0.15) is 34.6 Å². The van der Waals surface area contributed by atoms with Crippen molar-refractivity contribution in [2.24, 2.45) is 5.41 Å². The Morgan fingerprint density at radius 1 is 1.00 bits per heavy atom. The number of allylic oxidation sites excluding steroid dienone is 4. The molecule has 79 valence electrons. The van der Waals surface area contributed by atoms with Gasteiger partial charge in [0, 0.05) is 0 Å². The molecular weight excluding hydrogens is 564 g/mol. The normalized spacial score (nSPS) is 18.1. The summed E-state index contributed by atoms with van der Waals surface area (Å²) in [5, 5.41) is 0. The Balaban J connectivity index is -0.000000333. The van der Waals surface area contributed by atoms with E-state index in [1.807, 2.05) is 0 Å². The quantitative estimate of drug-likeness (QED) is 0.295. The number of hydrogen-bond donors (Lipinski definition) is 0. The van der Waals surface area contributed by atoms with Crippen LogP contribution in [0.3, 0.4) is 0 Å². The van der Waals surface area contributed by atoms with Crippen LogP contribution >= 0.6 is 48.0 Å². The van der Waals surface area contributed by atoms with Crippen LogP contribution < -0.4 is 0 Å². The second-order valence-corrected chi connectivity index (χ2v) is 3.62. The van der Waals surface area contributed by atoms with Gasteiger partial charge < -0.3 is 0 Å². The Labute approximate surface area is 129 Å². The molecule has 0 bridgehead atoms. The van der Waals surface area contributed by atoms with Crippen LogP contribution in [0.15, 0.2) is 16.7 Å². The smallest absolute Gasteiger partial charge is 0.263 e. The molecule has 1 aliphatic carbocycles.